The lowest BCUT2D eigenvalue weighted by molar-refractivity contribution is 1.14. The van der Waals surface area contributed by atoms with Crippen LogP contribution in [0.4, 0.5) is 0 Å². The summed E-state index contributed by atoms with van der Waals surface area (Å²) in [5.41, 5.74) is 7.26. The zero-order chi connectivity index (χ0) is 12.1. The van der Waals surface area contributed by atoms with E-state index in [2.05, 4.69) is 50.4 Å². The molecule has 0 aliphatic rings. The van der Waals surface area contributed by atoms with Crippen LogP contribution in [0.5, 0.6) is 0 Å². The lowest BCUT2D eigenvalue weighted by atomic mass is 10.1. The molecule has 0 bridgehead atoms. The van der Waals surface area contributed by atoms with Gasteiger partial charge >= 0.3 is 0 Å². The van der Waals surface area contributed by atoms with E-state index < -0.39 is 0 Å². The third-order valence-corrected chi connectivity index (χ3v) is 1.65. The first kappa shape index (κ1) is 16.0. The molecule has 0 aliphatic carbocycles. The minimum atomic E-state index is 1.14. The third kappa shape index (κ3) is 10.5. The van der Waals surface area contributed by atoms with Gasteiger partial charge in [-0.3, -0.25) is 0 Å². The Kier molecular flexibility index (Phi) is 13.5. The topological polar surface area (TPSA) is 49.9 Å². The van der Waals surface area contributed by atoms with Crippen LogP contribution in [0.25, 0.3) is 0 Å². The Hall–Kier alpha value is -1.41. The van der Waals surface area contributed by atoms with E-state index in [1.54, 1.807) is 0 Å². The Bertz CT molecular complexity index is 244. The van der Waals surface area contributed by atoms with Crippen molar-refractivity contribution < 1.29 is 0 Å². The number of benzene rings is 1. The first-order valence-corrected chi connectivity index (χ1v) is 4.99. The van der Waals surface area contributed by atoms with Crippen molar-refractivity contribution in [2.24, 2.45) is 5.73 Å². The Morgan fingerprint density at radius 3 is 1.93 bits per heavy atom. The largest absolute Gasteiger partial charge is 0.333 e. The molecule has 0 atom stereocenters. The molecule has 0 fully saturated rings. The van der Waals surface area contributed by atoms with Crippen LogP contribution in [0.3, 0.4) is 0 Å². The normalized spacial score (nSPS) is 7.47. The number of aryl methyl sites for hydroxylation is 2. The van der Waals surface area contributed by atoms with Crippen molar-refractivity contribution in [2.75, 3.05) is 7.05 Å². The van der Waals surface area contributed by atoms with Gasteiger partial charge < -0.3 is 11.1 Å². The molecule has 84 valence electrons. The molecule has 0 radical (unpaired) electrons. The van der Waals surface area contributed by atoms with Crippen LogP contribution in [-0.4, -0.2) is 13.3 Å². The molecule has 0 amide bonds. The van der Waals surface area contributed by atoms with Crippen LogP contribution in [0, 0.1) is 12.3 Å². The maximum absolute atomic E-state index is 6.21. The highest BCUT2D eigenvalue weighted by Gasteiger charge is 1.84. The van der Waals surface area contributed by atoms with Crippen molar-refractivity contribution in [1.82, 2.24) is 0 Å². The summed E-state index contributed by atoms with van der Waals surface area (Å²) in [4.78, 5) is 0. The minimum Gasteiger partial charge on any atom is -0.333 e. The van der Waals surface area contributed by atoms with E-state index in [-0.39, 0.29) is 0 Å². The fourth-order valence-corrected chi connectivity index (χ4v) is 0.824. The fourth-order valence-electron chi connectivity index (χ4n) is 0.824. The van der Waals surface area contributed by atoms with Gasteiger partial charge in [0.15, 0.2) is 0 Å². The molecule has 0 aliphatic heterocycles. The predicted molar refractivity (Wildman–Crippen MR) is 69.6 cm³/mol. The number of hydrogen-bond donors (Lipinski definition) is 2. The highest BCUT2D eigenvalue weighted by molar-refractivity contribution is 5.66. The van der Waals surface area contributed by atoms with Gasteiger partial charge in [-0.25, -0.2) is 0 Å². The zero-order valence-electron chi connectivity index (χ0n) is 9.96. The van der Waals surface area contributed by atoms with Crippen molar-refractivity contribution >= 4 is 6.21 Å². The summed E-state index contributed by atoms with van der Waals surface area (Å²) in [6, 6.07) is 8.66. The average molecular weight is 206 g/mol. The molecule has 0 spiro atoms. The number of rotatable bonds is 2. The van der Waals surface area contributed by atoms with Gasteiger partial charge in [-0.15, -0.1) is 0 Å². The molecule has 0 saturated carbocycles. The predicted octanol–water partition coefficient (Wildman–Crippen LogP) is 2.95. The van der Waals surface area contributed by atoms with E-state index in [0.29, 0.717) is 0 Å². The third-order valence-electron chi connectivity index (χ3n) is 1.65. The van der Waals surface area contributed by atoms with Crippen LogP contribution < -0.4 is 5.73 Å². The van der Waals surface area contributed by atoms with Crippen LogP contribution >= 0.6 is 0 Å². The van der Waals surface area contributed by atoms with Gasteiger partial charge in [0.05, 0.1) is 0 Å². The van der Waals surface area contributed by atoms with E-state index in [1.807, 2.05) is 0 Å². The summed E-state index contributed by atoms with van der Waals surface area (Å²) in [6.45, 7) is 7.52. The Labute approximate surface area is 93.3 Å². The van der Waals surface area contributed by atoms with E-state index in [1.165, 1.54) is 24.3 Å². The quantitative estimate of drug-likeness (QED) is 0.718. The molecule has 1 aromatic carbocycles. The Balaban J connectivity index is 0. The van der Waals surface area contributed by atoms with E-state index in [4.69, 9.17) is 5.41 Å². The van der Waals surface area contributed by atoms with Crippen LogP contribution in [0.1, 0.15) is 18.1 Å². The Morgan fingerprint density at radius 2 is 1.67 bits per heavy atom. The molecular weight excluding hydrogens is 184 g/mol. The van der Waals surface area contributed by atoms with Crippen LogP contribution in [0.2, 0.25) is 0 Å². The standard InChI is InChI=1S/C9H12.C3H5N.CH5N/c1-3-9-6-4-8(2)5-7-9;1-2-3-4;1-2/h4-7H,3H2,1-2H3;2-4H,1H2;2H2,1H3. The van der Waals surface area contributed by atoms with E-state index in [9.17, 15) is 0 Å². The van der Waals surface area contributed by atoms with Gasteiger partial charge in [0.2, 0.25) is 0 Å². The molecule has 1 rings (SSSR count). The molecule has 0 saturated heterocycles. The summed E-state index contributed by atoms with van der Waals surface area (Å²) in [7, 11) is 1.50. The lowest BCUT2D eigenvalue weighted by Gasteiger charge is -1.94. The molecule has 2 heteroatoms. The van der Waals surface area contributed by atoms with Crippen molar-refractivity contribution in [1.29, 1.82) is 5.41 Å². The molecule has 0 aromatic heterocycles. The maximum atomic E-state index is 6.21. The van der Waals surface area contributed by atoms with Crippen molar-refractivity contribution in [3.63, 3.8) is 0 Å². The van der Waals surface area contributed by atoms with Gasteiger partial charge in [0.25, 0.3) is 0 Å². The summed E-state index contributed by atoms with van der Waals surface area (Å²) in [6.07, 6.45) is 3.69. The highest BCUT2D eigenvalue weighted by Crippen LogP contribution is 2.02. The number of nitrogens with one attached hydrogen (secondary N) is 1. The number of allylic oxidation sites excluding steroid dienone is 1. The molecule has 2 nitrogen and oxygen atoms in total. The number of hydrogen-bond acceptors (Lipinski definition) is 2. The molecule has 3 N–H and O–H groups in total. The van der Waals surface area contributed by atoms with Gasteiger partial charge in [-0.2, -0.15) is 0 Å². The highest BCUT2D eigenvalue weighted by atomic mass is 14.4. The van der Waals surface area contributed by atoms with Crippen LogP contribution in [-0.2, 0) is 6.42 Å². The smallest absolute Gasteiger partial charge is 0.0171 e. The molecule has 15 heavy (non-hydrogen) atoms. The first-order valence-electron chi connectivity index (χ1n) is 4.99. The zero-order valence-corrected chi connectivity index (χ0v) is 9.96. The van der Waals surface area contributed by atoms with Gasteiger partial charge in [0, 0.05) is 6.21 Å². The molecule has 0 unspecified atom stereocenters. The van der Waals surface area contributed by atoms with Crippen molar-refractivity contribution in [2.45, 2.75) is 20.3 Å². The first-order chi connectivity index (χ1) is 7.24. The average Bonchev–Trinajstić information content (AvgIpc) is 2.33. The van der Waals surface area contributed by atoms with Gasteiger partial charge in [-0.05, 0) is 26.0 Å². The monoisotopic (exact) mass is 206 g/mol. The van der Waals surface area contributed by atoms with Crippen LogP contribution in [0.15, 0.2) is 36.9 Å². The summed E-state index contributed by atoms with van der Waals surface area (Å²) >= 11 is 0. The second kappa shape index (κ2) is 12.6. The van der Waals surface area contributed by atoms with Gasteiger partial charge in [-0.1, -0.05) is 49.4 Å². The van der Waals surface area contributed by atoms with Crippen molar-refractivity contribution in [3.8, 4) is 0 Å². The molecule has 1 aromatic rings. The summed E-state index contributed by atoms with van der Waals surface area (Å²) in [5.74, 6) is 0. The minimum absolute atomic E-state index is 1.14. The lowest BCUT2D eigenvalue weighted by Crippen LogP contribution is -1.77. The SMILES string of the molecule is C=CC=N.CCc1ccc(C)cc1.CN. The fraction of sp³-hybridized carbons (Fsp3) is 0.308. The van der Waals surface area contributed by atoms with E-state index in [0.717, 1.165) is 12.6 Å². The summed E-state index contributed by atoms with van der Waals surface area (Å²) in [5, 5.41) is 6.21. The number of nitrogens with two attached hydrogens (primary N) is 1. The second-order valence-corrected chi connectivity index (χ2v) is 2.74. The maximum Gasteiger partial charge on any atom is 0.0171 e. The van der Waals surface area contributed by atoms with Gasteiger partial charge in [0.1, 0.15) is 0 Å². The molecule has 0 heterocycles. The van der Waals surface area contributed by atoms with Crippen molar-refractivity contribution in [3.05, 3.63) is 48.0 Å². The Morgan fingerprint density at radius 1 is 1.27 bits per heavy atom. The second-order valence-electron chi connectivity index (χ2n) is 2.74. The molecular formula is C13H22N2. The van der Waals surface area contributed by atoms with E-state index >= 15 is 0 Å². The summed E-state index contributed by atoms with van der Waals surface area (Å²) < 4.78 is 0.